The van der Waals surface area contributed by atoms with Crippen LogP contribution in [0, 0.1) is 18.6 Å². The zero-order chi connectivity index (χ0) is 49.6. The van der Waals surface area contributed by atoms with Gasteiger partial charge in [0.1, 0.15) is 48.0 Å². The van der Waals surface area contributed by atoms with Gasteiger partial charge >= 0.3 is 0 Å². The number of fused-ring (bicyclic) bond motifs is 1. The number of nitrogens with zero attached hydrogens (tertiary/aromatic N) is 8. The molecule has 1 fully saturated rings. The van der Waals surface area contributed by atoms with Crippen LogP contribution < -0.4 is 26.0 Å². The third-order valence-corrected chi connectivity index (χ3v) is 12.7. The second-order valence-corrected chi connectivity index (χ2v) is 18.0. The number of ether oxygens (including phenoxy) is 1. The molecular formula is C53H59F2N11O4. The summed E-state index contributed by atoms with van der Waals surface area (Å²) >= 11 is 0. The second kappa shape index (κ2) is 21.5. The number of amides is 1. The smallest absolute Gasteiger partial charge is 0.258 e. The van der Waals surface area contributed by atoms with Crippen molar-refractivity contribution in [1.29, 1.82) is 0 Å². The van der Waals surface area contributed by atoms with Gasteiger partial charge in [0.05, 0.1) is 29.3 Å². The van der Waals surface area contributed by atoms with Gasteiger partial charge in [0, 0.05) is 54.9 Å². The van der Waals surface area contributed by atoms with Crippen LogP contribution in [0.3, 0.4) is 0 Å². The first-order chi connectivity index (χ1) is 33.7. The molecule has 1 aliphatic carbocycles. The maximum atomic E-state index is 15.3. The van der Waals surface area contributed by atoms with Crippen molar-refractivity contribution in [2.24, 2.45) is 0 Å². The van der Waals surface area contributed by atoms with Crippen molar-refractivity contribution in [3.05, 3.63) is 144 Å². The van der Waals surface area contributed by atoms with E-state index in [0.29, 0.717) is 47.4 Å². The van der Waals surface area contributed by atoms with Gasteiger partial charge in [-0.15, -0.1) is 0 Å². The van der Waals surface area contributed by atoms with E-state index in [9.17, 15) is 15.0 Å². The molecule has 1 saturated carbocycles. The molecule has 0 spiro atoms. The van der Waals surface area contributed by atoms with Crippen LogP contribution in [0.5, 0.6) is 5.75 Å². The van der Waals surface area contributed by atoms with Crippen LogP contribution in [0.15, 0.2) is 110 Å². The highest BCUT2D eigenvalue weighted by atomic mass is 19.1. The van der Waals surface area contributed by atoms with Crippen molar-refractivity contribution >= 4 is 40.2 Å². The first-order valence-electron chi connectivity index (χ1n) is 23.4. The molecule has 70 heavy (non-hydrogen) atoms. The number of anilines is 4. The van der Waals surface area contributed by atoms with Gasteiger partial charge in [-0.3, -0.25) is 14.7 Å². The number of likely N-dealkylation sites (N-methyl/N-ethyl adjacent to an activating group) is 1. The van der Waals surface area contributed by atoms with Crippen LogP contribution in [-0.2, 0) is 6.54 Å². The summed E-state index contributed by atoms with van der Waals surface area (Å²) in [5, 5.41) is 29.4. The largest absolute Gasteiger partial charge is 0.486 e. The average molecular weight is 952 g/mol. The monoisotopic (exact) mass is 951 g/mol. The lowest BCUT2D eigenvalue weighted by Crippen LogP contribution is -2.44. The molecule has 1 unspecified atom stereocenters. The third kappa shape index (κ3) is 10.9. The van der Waals surface area contributed by atoms with Crippen molar-refractivity contribution in [2.45, 2.75) is 77.7 Å². The number of nitrogens with one attached hydrogen (secondary N) is 2. The first-order valence-corrected chi connectivity index (χ1v) is 23.4. The minimum Gasteiger partial charge on any atom is -0.486 e. The Morgan fingerprint density at radius 2 is 1.81 bits per heavy atom. The van der Waals surface area contributed by atoms with Crippen molar-refractivity contribution in [3.63, 3.8) is 0 Å². The van der Waals surface area contributed by atoms with Gasteiger partial charge in [0.15, 0.2) is 11.6 Å². The number of benzene rings is 3. The molecule has 0 radical (unpaired) electrons. The quantitative estimate of drug-likeness (QED) is 0.0339. The fourth-order valence-corrected chi connectivity index (χ4v) is 8.40. The first kappa shape index (κ1) is 49.1. The van der Waals surface area contributed by atoms with E-state index in [0.717, 1.165) is 46.7 Å². The Bertz CT molecular complexity index is 2980. The summed E-state index contributed by atoms with van der Waals surface area (Å²) in [4.78, 5) is 39.8. The molecule has 4 aromatic heterocycles. The van der Waals surface area contributed by atoms with Crippen molar-refractivity contribution in [3.8, 4) is 28.3 Å². The predicted molar refractivity (Wildman–Crippen MR) is 270 cm³/mol. The Labute approximate surface area is 406 Å². The van der Waals surface area contributed by atoms with Crippen LogP contribution in [0.4, 0.5) is 32.1 Å². The number of aliphatic hydroxyl groups excluding tert-OH is 2. The average Bonchev–Trinajstić information content (AvgIpc) is 4.12. The van der Waals surface area contributed by atoms with Crippen LogP contribution in [0.2, 0.25) is 0 Å². The maximum Gasteiger partial charge on any atom is 0.258 e. The van der Waals surface area contributed by atoms with Gasteiger partial charge in [-0.05, 0) is 118 Å². The van der Waals surface area contributed by atoms with E-state index >= 15 is 8.78 Å². The Morgan fingerprint density at radius 1 is 1.03 bits per heavy atom. The number of hydrogen-bond acceptors (Lipinski definition) is 13. The fourth-order valence-electron chi connectivity index (χ4n) is 8.40. The molecular weight excluding hydrogens is 893 g/mol. The maximum absolute atomic E-state index is 15.3. The van der Waals surface area contributed by atoms with Gasteiger partial charge in [0.25, 0.3) is 5.91 Å². The summed E-state index contributed by atoms with van der Waals surface area (Å²) in [6, 6.07) is 22.7. The topological polar surface area (TPSA) is 193 Å². The molecule has 364 valence electrons. The highest BCUT2D eigenvalue weighted by Gasteiger charge is 2.28. The number of pyridine rings is 1. The van der Waals surface area contributed by atoms with E-state index < -0.39 is 29.8 Å². The fraction of sp³-hybridized carbons (Fsp3) is 0.321. The predicted octanol–water partition coefficient (Wildman–Crippen LogP) is 8.90. The lowest BCUT2D eigenvalue weighted by molar-refractivity contribution is 0.0427. The Hall–Kier alpha value is -7.34. The number of rotatable bonds is 21. The number of carbonyl (C=O) groups is 1. The standard InChI is InChI=1S/C53H59F2N11O4/c1-7-39(29-67)66(53-62-49(41-19-21-65(31(2)3)50(41)63-53)58-27-34-11-13-36(14-12-34)44-10-8-9-20-57-44)28-32(4)52(69)64(6)22-23-70-47-46(59-30-60-48(47)56)42-25-38(54)26-45(33(42)5)61-51(68)40-18-17-37(24-43(40)55)35-15-16-35/h8-14,17-21,24-26,30-31,35,39,52,67,69H,4,7,15-16,22-23,27-29H2,1-3,5-6H3,(H,61,68)(H2,56,59,60)(H,58,62,63)/t39-,52?/m1/s1. The number of aromatic nitrogens is 6. The normalized spacial score (nSPS) is 13.4. The van der Waals surface area contributed by atoms with Gasteiger partial charge < -0.3 is 40.8 Å². The molecule has 7 aromatic rings. The number of hydrogen-bond donors (Lipinski definition) is 5. The summed E-state index contributed by atoms with van der Waals surface area (Å²) in [5.74, 6) is -0.702. The van der Waals surface area contributed by atoms with E-state index in [1.54, 1.807) is 31.1 Å². The van der Waals surface area contributed by atoms with Gasteiger partial charge in [-0.2, -0.15) is 9.97 Å². The van der Waals surface area contributed by atoms with Gasteiger partial charge in [0.2, 0.25) is 5.95 Å². The summed E-state index contributed by atoms with van der Waals surface area (Å²) in [6.45, 7) is 12.6. The number of aliphatic hydroxyl groups is 2. The lowest BCUT2D eigenvalue weighted by Gasteiger charge is -2.34. The SMILES string of the molecule is C=C(CN(c1nc(NCc2ccc(-c3ccccn3)cc2)c2ccn(C(C)C)c2n1)[C@H](CC)CO)C(O)N(C)CCOc1c(N)ncnc1-c1cc(F)cc(NC(=O)c2ccc(C3CC3)cc2F)c1C. The second-order valence-electron chi connectivity index (χ2n) is 18.0. The van der Waals surface area contributed by atoms with Crippen LogP contribution in [-0.4, -0.2) is 96.1 Å². The zero-order valence-electron chi connectivity index (χ0n) is 40.0. The molecule has 4 heterocycles. The number of halogens is 2. The van der Waals surface area contributed by atoms with Crippen molar-refractivity contribution < 1.29 is 28.5 Å². The van der Waals surface area contributed by atoms with E-state index in [1.165, 1.54) is 24.5 Å². The van der Waals surface area contributed by atoms with Crippen LogP contribution >= 0.6 is 0 Å². The number of nitrogens with two attached hydrogens (primary N) is 1. The van der Waals surface area contributed by atoms with E-state index in [-0.39, 0.29) is 66.4 Å². The minimum atomic E-state index is -1.17. The van der Waals surface area contributed by atoms with Crippen molar-refractivity contribution in [1.82, 2.24) is 34.4 Å². The van der Waals surface area contributed by atoms with Crippen LogP contribution in [0.25, 0.3) is 33.5 Å². The number of nitrogen functional groups attached to an aromatic ring is 1. The van der Waals surface area contributed by atoms with E-state index in [2.05, 4.69) is 62.7 Å². The highest BCUT2D eigenvalue weighted by Crippen LogP contribution is 2.41. The Morgan fingerprint density at radius 3 is 2.50 bits per heavy atom. The lowest BCUT2D eigenvalue weighted by atomic mass is 10.0. The highest BCUT2D eigenvalue weighted by molar-refractivity contribution is 6.05. The molecule has 0 aliphatic heterocycles. The number of carbonyl (C=O) groups excluding carboxylic acids is 1. The minimum absolute atomic E-state index is 0.00961. The van der Waals surface area contributed by atoms with E-state index in [4.69, 9.17) is 20.4 Å². The van der Waals surface area contributed by atoms with Gasteiger partial charge in [-0.1, -0.05) is 49.9 Å². The third-order valence-electron chi connectivity index (χ3n) is 12.7. The van der Waals surface area contributed by atoms with Gasteiger partial charge in [-0.25, -0.2) is 18.7 Å². The molecule has 15 nitrogen and oxygen atoms in total. The molecule has 8 rings (SSSR count). The van der Waals surface area contributed by atoms with Crippen molar-refractivity contribution in [2.75, 3.05) is 54.6 Å². The van der Waals surface area contributed by atoms with E-state index in [1.807, 2.05) is 54.4 Å². The molecule has 0 saturated heterocycles. The molecule has 2 atom stereocenters. The molecule has 0 bridgehead atoms. The molecule has 6 N–H and O–H groups in total. The summed E-state index contributed by atoms with van der Waals surface area (Å²) < 4.78 is 38.6. The summed E-state index contributed by atoms with van der Waals surface area (Å²) in [5.41, 5.74) is 12.1. The molecule has 17 heteroatoms. The molecule has 1 amide bonds. The Balaban J connectivity index is 0.962. The van der Waals surface area contributed by atoms with Crippen LogP contribution in [0.1, 0.15) is 79.0 Å². The Kier molecular flexibility index (Phi) is 15.1. The molecule has 3 aromatic carbocycles. The summed E-state index contributed by atoms with van der Waals surface area (Å²) in [7, 11) is 1.70. The summed E-state index contributed by atoms with van der Waals surface area (Å²) in [6.07, 6.45) is 6.34. The molecule has 1 aliphatic rings. The zero-order valence-corrected chi connectivity index (χ0v) is 40.0.